The Morgan fingerprint density at radius 1 is 1.53 bits per heavy atom. The van der Waals surface area contributed by atoms with Crippen LogP contribution in [-0.4, -0.2) is 28.6 Å². The number of carboxylic acid groups (broad SMARTS) is 1. The monoisotopic (exact) mass is 254 g/mol. The average Bonchev–Trinajstić information content (AvgIpc) is 2.89. The molecule has 94 valence electrons. The standard InChI is InChI=1S/C12H18N2O2S/c1-3-14(9-6-4-5-7-9)12-13-8(2)10(17-12)11(15)16/h9H,3-7H2,1-2H3,(H,15,16). The molecule has 0 amide bonds. The molecular weight excluding hydrogens is 236 g/mol. The van der Waals surface area contributed by atoms with Crippen molar-refractivity contribution < 1.29 is 9.90 Å². The first-order chi connectivity index (χ1) is 8.13. The van der Waals surface area contributed by atoms with E-state index in [0.717, 1.165) is 11.7 Å². The Labute approximate surface area is 105 Å². The van der Waals surface area contributed by atoms with Gasteiger partial charge in [-0.1, -0.05) is 24.2 Å². The van der Waals surface area contributed by atoms with E-state index in [-0.39, 0.29) is 0 Å². The number of hydrogen-bond donors (Lipinski definition) is 1. The highest BCUT2D eigenvalue weighted by Crippen LogP contribution is 2.32. The molecule has 0 saturated heterocycles. The molecule has 5 heteroatoms. The lowest BCUT2D eigenvalue weighted by atomic mass is 10.2. The largest absolute Gasteiger partial charge is 0.477 e. The Hall–Kier alpha value is -1.10. The van der Waals surface area contributed by atoms with Crippen molar-refractivity contribution in [2.45, 2.75) is 45.6 Å². The van der Waals surface area contributed by atoms with E-state index in [2.05, 4.69) is 16.8 Å². The number of thiazole rings is 1. The second-order valence-corrected chi connectivity index (χ2v) is 5.42. The van der Waals surface area contributed by atoms with E-state index in [1.54, 1.807) is 6.92 Å². The highest BCUT2D eigenvalue weighted by molar-refractivity contribution is 7.17. The van der Waals surface area contributed by atoms with E-state index in [4.69, 9.17) is 5.11 Å². The first-order valence-electron chi connectivity index (χ1n) is 6.10. The molecule has 0 aliphatic heterocycles. The molecule has 1 heterocycles. The number of carbonyl (C=O) groups is 1. The Morgan fingerprint density at radius 2 is 2.18 bits per heavy atom. The van der Waals surface area contributed by atoms with Gasteiger partial charge in [0.1, 0.15) is 4.88 Å². The van der Waals surface area contributed by atoms with Crippen LogP contribution < -0.4 is 4.90 Å². The van der Waals surface area contributed by atoms with Crippen molar-refractivity contribution in [3.63, 3.8) is 0 Å². The van der Waals surface area contributed by atoms with E-state index in [1.165, 1.54) is 37.0 Å². The molecular formula is C12H18N2O2S. The minimum atomic E-state index is -0.867. The number of aromatic nitrogens is 1. The smallest absolute Gasteiger partial charge is 0.347 e. The quantitative estimate of drug-likeness (QED) is 0.897. The van der Waals surface area contributed by atoms with E-state index < -0.39 is 5.97 Å². The molecule has 17 heavy (non-hydrogen) atoms. The van der Waals surface area contributed by atoms with Crippen molar-refractivity contribution in [1.29, 1.82) is 0 Å². The first kappa shape index (κ1) is 12.4. The van der Waals surface area contributed by atoms with Crippen LogP contribution in [0.2, 0.25) is 0 Å². The van der Waals surface area contributed by atoms with E-state index in [0.29, 0.717) is 16.6 Å². The Balaban J connectivity index is 2.24. The summed E-state index contributed by atoms with van der Waals surface area (Å²) in [5, 5.41) is 9.92. The zero-order valence-electron chi connectivity index (χ0n) is 10.3. The molecule has 1 aromatic rings. The van der Waals surface area contributed by atoms with Gasteiger partial charge >= 0.3 is 5.97 Å². The molecule has 1 saturated carbocycles. The van der Waals surface area contributed by atoms with Gasteiger partial charge in [-0.2, -0.15) is 0 Å². The van der Waals surface area contributed by atoms with E-state index in [9.17, 15) is 4.79 Å². The maximum atomic E-state index is 11.0. The number of nitrogens with zero attached hydrogens (tertiary/aromatic N) is 2. The highest BCUT2D eigenvalue weighted by Gasteiger charge is 2.25. The molecule has 2 rings (SSSR count). The molecule has 0 atom stereocenters. The van der Waals surface area contributed by atoms with Crippen LogP contribution in [0.5, 0.6) is 0 Å². The van der Waals surface area contributed by atoms with Crippen LogP contribution in [-0.2, 0) is 0 Å². The van der Waals surface area contributed by atoms with Gasteiger partial charge in [-0.25, -0.2) is 9.78 Å². The first-order valence-corrected chi connectivity index (χ1v) is 6.92. The molecule has 0 spiro atoms. The number of aromatic carboxylic acids is 1. The van der Waals surface area contributed by atoms with E-state index in [1.807, 2.05) is 0 Å². The summed E-state index contributed by atoms with van der Waals surface area (Å²) < 4.78 is 0. The summed E-state index contributed by atoms with van der Waals surface area (Å²) in [5.41, 5.74) is 0.633. The van der Waals surface area contributed by atoms with E-state index >= 15 is 0 Å². The normalized spacial score (nSPS) is 16.4. The SMILES string of the molecule is CCN(c1nc(C)c(C(=O)O)s1)C1CCCC1. The minimum absolute atomic E-state index is 0.372. The third-order valence-electron chi connectivity index (χ3n) is 3.33. The number of carboxylic acids is 1. The molecule has 1 aliphatic carbocycles. The van der Waals surface area contributed by atoms with Gasteiger partial charge in [0.2, 0.25) is 0 Å². The van der Waals surface area contributed by atoms with Crippen LogP contribution in [0.4, 0.5) is 5.13 Å². The summed E-state index contributed by atoms with van der Waals surface area (Å²) in [5.74, 6) is -0.867. The molecule has 0 unspecified atom stereocenters. The summed E-state index contributed by atoms with van der Waals surface area (Å²) in [6, 6.07) is 0.548. The number of anilines is 1. The molecule has 0 radical (unpaired) electrons. The van der Waals surface area contributed by atoms with Gasteiger partial charge < -0.3 is 10.0 Å². The molecule has 0 bridgehead atoms. The van der Waals surface area contributed by atoms with Gasteiger partial charge in [0.05, 0.1) is 5.69 Å². The molecule has 1 aromatic heterocycles. The lowest BCUT2D eigenvalue weighted by Crippen LogP contribution is -2.32. The van der Waals surface area contributed by atoms with Gasteiger partial charge in [0.25, 0.3) is 0 Å². The van der Waals surface area contributed by atoms with Crippen molar-refractivity contribution in [2.75, 3.05) is 11.4 Å². The van der Waals surface area contributed by atoms with Crippen molar-refractivity contribution in [1.82, 2.24) is 4.98 Å². The fourth-order valence-electron chi connectivity index (χ4n) is 2.47. The zero-order chi connectivity index (χ0) is 12.4. The number of hydrogen-bond acceptors (Lipinski definition) is 4. The number of aryl methyl sites for hydroxylation is 1. The average molecular weight is 254 g/mol. The maximum Gasteiger partial charge on any atom is 0.347 e. The molecule has 0 aromatic carbocycles. The third-order valence-corrected chi connectivity index (χ3v) is 4.51. The molecule has 1 fully saturated rings. The third kappa shape index (κ3) is 2.44. The van der Waals surface area contributed by atoms with Crippen LogP contribution >= 0.6 is 11.3 Å². The summed E-state index contributed by atoms with van der Waals surface area (Å²) >= 11 is 1.30. The predicted octanol–water partition coefficient (Wildman–Crippen LogP) is 2.92. The van der Waals surface area contributed by atoms with Gasteiger partial charge in [-0.05, 0) is 26.7 Å². The van der Waals surface area contributed by atoms with Crippen LogP contribution in [0.1, 0.15) is 48.0 Å². The van der Waals surface area contributed by atoms with Crippen molar-refractivity contribution in [3.05, 3.63) is 10.6 Å². The topological polar surface area (TPSA) is 53.4 Å². The number of rotatable bonds is 4. The van der Waals surface area contributed by atoms with Crippen LogP contribution in [0.15, 0.2) is 0 Å². The van der Waals surface area contributed by atoms with Crippen molar-refractivity contribution in [2.24, 2.45) is 0 Å². The van der Waals surface area contributed by atoms with Gasteiger partial charge in [0, 0.05) is 12.6 Å². The second-order valence-electron chi connectivity index (χ2n) is 4.44. The zero-order valence-corrected chi connectivity index (χ0v) is 11.1. The fraction of sp³-hybridized carbons (Fsp3) is 0.667. The molecule has 1 N–H and O–H groups in total. The Bertz CT molecular complexity index is 411. The molecule has 1 aliphatic rings. The summed E-state index contributed by atoms with van der Waals surface area (Å²) in [7, 11) is 0. The van der Waals surface area contributed by atoms with Gasteiger partial charge in [0.15, 0.2) is 5.13 Å². The van der Waals surface area contributed by atoms with Crippen LogP contribution in [0.3, 0.4) is 0 Å². The second kappa shape index (κ2) is 5.04. The summed E-state index contributed by atoms with van der Waals surface area (Å²) in [6.07, 6.45) is 4.96. The van der Waals surface area contributed by atoms with Crippen LogP contribution in [0, 0.1) is 6.92 Å². The van der Waals surface area contributed by atoms with Gasteiger partial charge in [-0.15, -0.1) is 0 Å². The Kier molecular flexibility index (Phi) is 3.66. The van der Waals surface area contributed by atoms with Gasteiger partial charge in [-0.3, -0.25) is 0 Å². The van der Waals surface area contributed by atoms with Crippen molar-refractivity contribution in [3.8, 4) is 0 Å². The summed E-state index contributed by atoms with van der Waals surface area (Å²) in [4.78, 5) is 18.1. The lowest BCUT2D eigenvalue weighted by Gasteiger charge is -2.26. The highest BCUT2D eigenvalue weighted by atomic mass is 32.1. The molecule has 4 nitrogen and oxygen atoms in total. The van der Waals surface area contributed by atoms with Crippen LogP contribution in [0.25, 0.3) is 0 Å². The minimum Gasteiger partial charge on any atom is -0.477 e. The lowest BCUT2D eigenvalue weighted by molar-refractivity contribution is 0.0701. The fourth-order valence-corrected chi connectivity index (χ4v) is 3.51. The predicted molar refractivity (Wildman–Crippen MR) is 69.1 cm³/mol. The van der Waals surface area contributed by atoms with Crippen molar-refractivity contribution >= 4 is 22.4 Å². The Morgan fingerprint density at radius 3 is 2.65 bits per heavy atom. The summed E-state index contributed by atoms with van der Waals surface area (Å²) in [6.45, 7) is 4.78. The maximum absolute atomic E-state index is 11.0.